The first-order valence-corrected chi connectivity index (χ1v) is 7.28. The number of carbonyl (C=O) groups excluding carboxylic acids is 2. The van der Waals surface area contributed by atoms with Crippen LogP contribution >= 0.6 is 11.6 Å². The molecule has 0 bridgehead atoms. The van der Waals surface area contributed by atoms with Crippen molar-refractivity contribution in [3.8, 4) is 0 Å². The molecule has 0 heterocycles. The number of amides is 1. The SMILES string of the molecule is CCOC(=O)CN(CC)CC(=O)Nc1cccc(Cl)c1C. The predicted molar refractivity (Wildman–Crippen MR) is 83.6 cm³/mol. The van der Waals surface area contributed by atoms with Crippen molar-refractivity contribution in [1.82, 2.24) is 4.90 Å². The Bertz CT molecular complexity index is 506. The Morgan fingerprint density at radius 3 is 2.62 bits per heavy atom. The Kier molecular flexibility index (Phi) is 7.19. The van der Waals surface area contributed by atoms with E-state index in [4.69, 9.17) is 16.3 Å². The molecule has 116 valence electrons. The lowest BCUT2D eigenvalue weighted by molar-refractivity contribution is -0.144. The fraction of sp³-hybridized carbons (Fsp3) is 0.467. The van der Waals surface area contributed by atoms with Gasteiger partial charge in [0.2, 0.25) is 5.91 Å². The lowest BCUT2D eigenvalue weighted by Crippen LogP contribution is -2.37. The molecule has 1 rings (SSSR count). The summed E-state index contributed by atoms with van der Waals surface area (Å²) in [5.74, 6) is -0.516. The molecule has 0 saturated carbocycles. The minimum absolute atomic E-state index is 0.103. The first-order chi connectivity index (χ1) is 9.97. The third-order valence-corrected chi connectivity index (χ3v) is 3.42. The molecular formula is C15H21ClN2O3. The van der Waals surface area contributed by atoms with Crippen LogP contribution in [0.3, 0.4) is 0 Å². The number of anilines is 1. The zero-order chi connectivity index (χ0) is 15.8. The number of hydrogen-bond donors (Lipinski definition) is 1. The van der Waals surface area contributed by atoms with Crippen LogP contribution in [0.15, 0.2) is 18.2 Å². The minimum atomic E-state index is -0.328. The predicted octanol–water partition coefficient (Wildman–Crippen LogP) is 2.47. The summed E-state index contributed by atoms with van der Waals surface area (Å²) >= 11 is 6.01. The number of hydrogen-bond acceptors (Lipinski definition) is 4. The molecule has 0 spiro atoms. The van der Waals surface area contributed by atoms with E-state index in [0.717, 1.165) is 5.56 Å². The number of benzene rings is 1. The highest BCUT2D eigenvalue weighted by atomic mass is 35.5. The number of rotatable bonds is 7. The van der Waals surface area contributed by atoms with Crippen LogP contribution in [0.5, 0.6) is 0 Å². The third-order valence-electron chi connectivity index (χ3n) is 3.01. The molecule has 1 aromatic rings. The molecule has 1 amide bonds. The summed E-state index contributed by atoms with van der Waals surface area (Å²) in [4.78, 5) is 25.2. The van der Waals surface area contributed by atoms with Crippen molar-refractivity contribution in [2.24, 2.45) is 0 Å². The van der Waals surface area contributed by atoms with E-state index in [0.29, 0.717) is 23.9 Å². The van der Waals surface area contributed by atoms with Crippen molar-refractivity contribution in [3.63, 3.8) is 0 Å². The van der Waals surface area contributed by atoms with Crippen molar-refractivity contribution in [1.29, 1.82) is 0 Å². The Morgan fingerprint density at radius 1 is 1.29 bits per heavy atom. The fourth-order valence-corrected chi connectivity index (χ4v) is 1.98. The normalized spacial score (nSPS) is 10.5. The molecule has 21 heavy (non-hydrogen) atoms. The summed E-state index contributed by atoms with van der Waals surface area (Å²) in [6.07, 6.45) is 0. The molecule has 1 aromatic carbocycles. The largest absolute Gasteiger partial charge is 0.465 e. The molecule has 0 saturated heterocycles. The monoisotopic (exact) mass is 312 g/mol. The summed E-state index contributed by atoms with van der Waals surface area (Å²) < 4.78 is 4.88. The molecular weight excluding hydrogens is 292 g/mol. The second kappa shape index (κ2) is 8.64. The van der Waals surface area contributed by atoms with Gasteiger partial charge in [-0.3, -0.25) is 14.5 Å². The average molecular weight is 313 g/mol. The van der Waals surface area contributed by atoms with Gasteiger partial charge in [-0.25, -0.2) is 0 Å². The van der Waals surface area contributed by atoms with Gasteiger partial charge in [0.25, 0.3) is 0 Å². The molecule has 0 aromatic heterocycles. The molecule has 0 aliphatic rings. The minimum Gasteiger partial charge on any atom is -0.465 e. The van der Waals surface area contributed by atoms with Crippen LogP contribution < -0.4 is 5.32 Å². The molecule has 5 nitrogen and oxygen atoms in total. The van der Waals surface area contributed by atoms with Gasteiger partial charge in [0.15, 0.2) is 0 Å². The highest BCUT2D eigenvalue weighted by Crippen LogP contribution is 2.22. The van der Waals surface area contributed by atoms with Crippen molar-refractivity contribution < 1.29 is 14.3 Å². The van der Waals surface area contributed by atoms with E-state index in [2.05, 4.69) is 5.32 Å². The Hall–Kier alpha value is -1.59. The van der Waals surface area contributed by atoms with Crippen LogP contribution in [0, 0.1) is 6.92 Å². The lowest BCUT2D eigenvalue weighted by atomic mass is 10.2. The molecule has 1 N–H and O–H groups in total. The van der Waals surface area contributed by atoms with Crippen LogP contribution in [0.4, 0.5) is 5.69 Å². The van der Waals surface area contributed by atoms with Crippen LogP contribution in [-0.4, -0.2) is 43.0 Å². The molecule has 6 heteroatoms. The number of nitrogens with one attached hydrogen (secondary N) is 1. The molecule has 0 radical (unpaired) electrons. The first-order valence-electron chi connectivity index (χ1n) is 6.90. The quantitative estimate of drug-likeness (QED) is 0.786. The second-order valence-corrected chi connectivity index (χ2v) is 4.98. The Labute approximate surface area is 130 Å². The van der Waals surface area contributed by atoms with Gasteiger partial charge >= 0.3 is 5.97 Å². The highest BCUT2D eigenvalue weighted by molar-refractivity contribution is 6.31. The summed E-state index contributed by atoms with van der Waals surface area (Å²) in [5, 5.41) is 3.41. The van der Waals surface area contributed by atoms with E-state index in [-0.39, 0.29) is 25.0 Å². The van der Waals surface area contributed by atoms with E-state index in [1.165, 1.54) is 0 Å². The standard InChI is InChI=1S/C15H21ClN2O3/c1-4-18(10-15(20)21-5-2)9-14(19)17-13-8-6-7-12(16)11(13)3/h6-8H,4-5,9-10H2,1-3H3,(H,17,19). The van der Waals surface area contributed by atoms with E-state index in [1.807, 2.05) is 13.8 Å². The zero-order valence-electron chi connectivity index (χ0n) is 12.6. The van der Waals surface area contributed by atoms with Crippen LogP contribution in [0.2, 0.25) is 5.02 Å². The highest BCUT2D eigenvalue weighted by Gasteiger charge is 2.14. The van der Waals surface area contributed by atoms with Crippen LogP contribution in [-0.2, 0) is 14.3 Å². The lowest BCUT2D eigenvalue weighted by Gasteiger charge is -2.19. The molecule has 0 aliphatic carbocycles. The number of ether oxygens (including phenoxy) is 1. The third kappa shape index (κ3) is 5.73. The number of halogens is 1. The van der Waals surface area contributed by atoms with Gasteiger partial charge in [0.05, 0.1) is 19.7 Å². The number of likely N-dealkylation sites (N-methyl/N-ethyl adjacent to an activating group) is 1. The maximum absolute atomic E-state index is 12.0. The average Bonchev–Trinajstić information content (AvgIpc) is 2.43. The maximum atomic E-state index is 12.0. The van der Waals surface area contributed by atoms with E-state index in [9.17, 15) is 9.59 Å². The number of esters is 1. The van der Waals surface area contributed by atoms with Gasteiger partial charge in [0.1, 0.15) is 0 Å². The van der Waals surface area contributed by atoms with Crippen molar-refractivity contribution in [2.45, 2.75) is 20.8 Å². The van der Waals surface area contributed by atoms with Gasteiger partial charge in [-0.05, 0) is 38.1 Å². The Morgan fingerprint density at radius 2 is 2.00 bits per heavy atom. The topological polar surface area (TPSA) is 58.6 Å². The van der Waals surface area contributed by atoms with Crippen molar-refractivity contribution >= 4 is 29.2 Å². The smallest absolute Gasteiger partial charge is 0.320 e. The zero-order valence-corrected chi connectivity index (χ0v) is 13.4. The van der Waals surface area contributed by atoms with Gasteiger partial charge in [-0.1, -0.05) is 24.6 Å². The number of nitrogens with zero attached hydrogens (tertiary/aromatic N) is 1. The van der Waals surface area contributed by atoms with Gasteiger partial charge in [0, 0.05) is 10.7 Å². The van der Waals surface area contributed by atoms with E-state index in [1.54, 1.807) is 30.0 Å². The van der Waals surface area contributed by atoms with Crippen LogP contribution in [0.1, 0.15) is 19.4 Å². The fourth-order valence-electron chi connectivity index (χ4n) is 1.80. The van der Waals surface area contributed by atoms with E-state index >= 15 is 0 Å². The molecule has 0 aliphatic heterocycles. The summed E-state index contributed by atoms with van der Waals surface area (Å²) in [6.45, 7) is 6.63. The summed E-state index contributed by atoms with van der Waals surface area (Å²) in [7, 11) is 0. The van der Waals surface area contributed by atoms with Gasteiger partial charge in [-0.15, -0.1) is 0 Å². The maximum Gasteiger partial charge on any atom is 0.320 e. The second-order valence-electron chi connectivity index (χ2n) is 4.57. The molecule has 0 unspecified atom stereocenters. The van der Waals surface area contributed by atoms with E-state index < -0.39 is 0 Å². The van der Waals surface area contributed by atoms with Gasteiger partial charge in [-0.2, -0.15) is 0 Å². The summed E-state index contributed by atoms with van der Waals surface area (Å²) in [6, 6.07) is 5.34. The van der Waals surface area contributed by atoms with Gasteiger partial charge < -0.3 is 10.1 Å². The molecule has 0 fully saturated rings. The molecule has 0 atom stereocenters. The number of carbonyl (C=O) groups is 2. The van der Waals surface area contributed by atoms with Crippen molar-refractivity contribution in [2.75, 3.05) is 31.6 Å². The summed E-state index contributed by atoms with van der Waals surface area (Å²) in [5.41, 5.74) is 1.50. The Balaban J connectivity index is 2.58. The first kappa shape index (κ1) is 17.5. The van der Waals surface area contributed by atoms with Crippen molar-refractivity contribution in [3.05, 3.63) is 28.8 Å². The van der Waals surface area contributed by atoms with Crippen LogP contribution in [0.25, 0.3) is 0 Å².